The summed E-state index contributed by atoms with van der Waals surface area (Å²) in [5.41, 5.74) is 9.38. The molecule has 2 atom stereocenters. The Morgan fingerprint density at radius 1 is 1.08 bits per heavy atom. The number of nitrogens with zero attached hydrogens (tertiary/aromatic N) is 3. The number of para-hydroxylation sites is 2. The van der Waals surface area contributed by atoms with Crippen molar-refractivity contribution in [2.75, 3.05) is 7.11 Å². The van der Waals surface area contributed by atoms with Gasteiger partial charge in [-0.3, -0.25) is 14.9 Å². The molecule has 4 aromatic rings. The molecule has 36 heavy (non-hydrogen) atoms. The molecule has 1 fully saturated rings. The Bertz CT molecular complexity index is 1400. The van der Waals surface area contributed by atoms with Crippen molar-refractivity contribution in [2.24, 2.45) is 0 Å². The Morgan fingerprint density at radius 3 is 2.64 bits per heavy atom. The predicted molar refractivity (Wildman–Crippen MR) is 134 cm³/mol. The molecule has 1 amide bonds. The van der Waals surface area contributed by atoms with Crippen LogP contribution >= 0.6 is 0 Å². The first-order valence-electron chi connectivity index (χ1n) is 11.4. The first-order valence-corrected chi connectivity index (χ1v) is 11.4. The highest BCUT2D eigenvalue weighted by atomic mass is 16.6. The third-order valence-electron chi connectivity index (χ3n) is 6.03. The number of non-ortho nitro benzene ring substituents is 1. The smallest absolute Gasteiger partial charge is 0.269 e. The average Bonchev–Trinajstić information content (AvgIpc) is 3.57. The number of hydrogen-bond acceptors (Lipinski definition) is 7. The number of rotatable bonds is 7. The van der Waals surface area contributed by atoms with Crippen molar-refractivity contribution in [1.82, 2.24) is 25.9 Å². The number of nitrogens with one attached hydrogen (secondary N) is 3. The number of amides is 1. The fourth-order valence-electron chi connectivity index (χ4n) is 4.25. The van der Waals surface area contributed by atoms with Gasteiger partial charge in [-0.05, 0) is 29.8 Å². The number of hydrazine groups is 1. The molecule has 0 aliphatic carbocycles. The molecule has 182 valence electrons. The summed E-state index contributed by atoms with van der Waals surface area (Å²) in [4.78, 5) is 24.2. The van der Waals surface area contributed by atoms with Crippen molar-refractivity contribution in [1.29, 1.82) is 0 Å². The molecule has 0 bridgehead atoms. The lowest BCUT2D eigenvalue weighted by Crippen LogP contribution is -2.44. The molecule has 0 saturated carbocycles. The lowest BCUT2D eigenvalue weighted by atomic mass is 10.0. The van der Waals surface area contributed by atoms with E-state index < -0.39 is 11.1 Å². The van der Waals surface area contributed by atoms with Crippen LogP contribution in [-0.2, 0) is 0 Å². The highest BCUT2D eigenvalue weighted by Crippen LogP contribution is 2.32. The molecule has 1 aliphatic heterocycles. The number of benzene rings is 3. The summed E-state index contributed by atoms with van der Waals surface area (Å²) in [5.74, 6) is 0.299. The van der Waals surface area contributed by atoms with Crippen LogP contribution in [0, 0.1) is 10.1 Å². The highest BCUT2D eigenvalue weighted by Gasteiger charge is 2.29. The van der Waals surface area contributed by atoms with Crippen LogP contribution in [-0.4, -0.2) is 33.9 Å². The molecule has 3 N–H and O–H groups in total. The number of ether oxygens (including phenoxy) is 1. The molecule has 1 aromatic heterocycles. The summed E-state index contributed by atoms with van der Waals surface area (Å²) < 4.78 is 7.19. The second kappa shape index (κ2) is 9.98. The first kappa shape index (κ1) is 23.2. The van der Waals surface area contributed by atoms with E-state index in [1.165, 1.54) is 12.1 Å². The maximum Gasteiger partial charge on any atom is 0.269 e. The van der Waals surface area contributed by atoms with Crippen molar-refractivity contribution >= 4 is 11.6 Å². The molecule has 10 nitrogen and oxygen atoms in total. The minimum atomic E-state index is -0.422. The third-order valence-corrected chi connectivity index (χ3v) is 6.03. The molecular formula is C26H24N6O4. The van der Waals surface area contributed by atoms with Gasteiger partial charge in [0.2, 0.25) is 0 Å². The van der Waals surface area contributed by atoms with E-state index in [-0.39, 0.29) is 17.6 Å². The minimum Gasteiger partial charge on any atom is -0.496 e. The Morgan fingerprint density at radius 2 is 1.86 bits per heavy atom. The lowest BCUT2D eigenvalue weighted by molar-refractivity contribution is -0.384. The number of nitro benzene ring substituents is 1. The number of hydrogen-bond donors (Lipinski definition) is 3. The summed E-state index contributed by atoms with van der Waals surface area (Å²) >= 11 is 0. The molecule has 0 radical (unpaired) electrons. The summed E-state index contributed by atoms with van der Waals surface area (Å²) in [5, 5.41) is 18.9. The summed E-state index contributed by atoms with van der Waals surface area (Å²) in [7, 11) is 1.58. The van der Waals surface area contributed by atoms with E-state index in [4.69, 9.17) is 9.84 Å². The fourth-order valence-corrected chi connectivity index (χ4v) is 4.25. The number of aromatic nitrogens is 2. The molecular weight excluding hydrogens is 460 g/mol. The zero-order chi connectivity index (χ0) is 25.1. The van der Waals surface area contributed by atoms with Gasteiger partial charge in [-0.1, -0.05) is 42.5 Å². The Kier molecular flexibility index (Phi) is 6.44. The second-order valence-corrected chi connectivity index (χ2v) is 8.33. The van der Waals surface area contributed by atoms with E-state index in [0.717, 1.165) is 11.3 Å². The van der Waals surface area contributed by atoms with Gasteiger partial charge in [-0.2, -0.15) is 5.10 Å². The Balaban J connectivity index is 1.41. The van der Waals surface area contributed by atoms with E-state index in [9.17, 15) is 14.9 Å². The van der Waals surface area contributed by atoms with Crippen LogP contribution < -0.4 is 20.9 Å². The van der Waals surface area contributed by atoms with Gasteiger partial charge in [0.1, 0.15) is 11.4 Å². The number of nitro groups is 1. The molecule has 1 saturated heterocycles. The maximum absolute atomic E-state index is 13.5. The molecule has 5 rings (SSSR count). The summed E-state index contributed by atoms with van der Waals surface area (Å²) in [6, 6.07) is 23.2. The van der Waals surface area contributed by atoms with Crippen molar-refractivity contribution in [3.8, 4) is 22.7 Å². The molecule has 0 spiro atoms. The van der Waals surface area contributed by atoms with Crippen molar-refractivity contribution in [3.05, 3.63) is 106 Å². The summed E-state index contributed by atoms with van der Waals surface area (Å²) in [6.07, 6.45) is 1.81. The van der Waals surface area contributed by atoms with Gasteiger partial charge in [0, 0.05) is 36.4 Å². The van der Waals surface area contributed by atoms with Gasteiger partial charge in [0.15, 0.2) is 0 Å². The first-order chi connectivity index (χ1) is 17.5. The molecule has 10 heteroatoms. The molecule has 1 aliphatic rings. The largest absolute Gasteiger partial charge is 0.496 e. The number of carbonyl (C=O) groups excluding carboxylic acids is 1. The van der Waals surface area contributed by atoms with Crippen LogP contribution in [0.2, 0.25) is 0 Å². The van der Waals surface area contributed by atoms with E-state index in [1.54, 1.807) is 24.1 Å². The van der Waals surface area contributed by atoms with Crippen LogP contribution in [0.5, 0.6) is 5.75 Å². The van der Waals surface area contributed by atoms with Gasteiger partial charge in [0.25, 0.3) is 11.6 Å². The van der Waals surface area contributed by atoms with Crippen LogP contribution in [0.25, 0.3) is 16.9 Å². The van der Waals surface area contributed by atoms with Gasteiger partial charge in [0.05, 0.1) is 29.4 Å². The normalized spacial score (nSPS) is 17.0. The van der Waals surface area contributed by atoms with Crippen molar-refractivity contribution in [3.63, 3.8) is 0 Å². The maximum atomic E-state index is 13.5. The Hall–Kier alpha value is -4.54. The zero-order valence-electron chi connectivity index (χ0n) is 19.4. The Labute approximate surface area is 207 Å². The van der Waals surface area contributed by atoms with Crippen LogP contribution in [0.4, 0.5) is 5.69 Å². The van der Waals surface area contributed by atoms with Gasteiger partial charge in [-0.25, -0.2) is 15.5 Å². The van der Waals surface area contributed by atoms with E-state index >= 15 is 0 Å². The summed E-state index contributed by atoms with van der Waals surface area (Å²) in [6.45, 7) is 0. The quantitative estimate of drug-likeness (QED) is 0.270. The molecule has 2 heterocycles. The monoisotopic (exact) mass is 484 g/mol. The van der Waals surface area contributed by atoms with Crippen LogP contribution in [0.1, 0.15) is 28.4 Å². The molecule has 2 unspecified atom stereocenters. The van der Waals surface area contributed by atoms with Gasteiger partial charge < -0.3 is 10.1 Å². The number of methoxy groups -OCH3 is 1. The lowest BCUT2D eigenvalue weighted by Gasteiger charge is -2.13. The standard InChI is InChI=1S/C26H24N6O4/c1-36-23-13-6-5-12-20(23)25-21(16-31(30-25)18-9-3-2-4-10-18)26(33)27-24-15-22(28-29-24)17-8-7-11-19(14-17)32(34)35/h2-14,16,22,24,28-29H,15H2,1H3,(H,27,33). The number of carbonyl (C=O) groups is 1. The fraction of sp³-hybridized carbons (Fsp3) is 0.154. The minimum absolute atomic E-state index is 0.0246. The van der Waals surface area contributed by atoms with Gasteiger partial charge >= 0.3 is 0 Å². The van der Waals surface area contributed by atoms with Crippen LogP contribution in [0.3, 0.4) is 0 Å². The van der Waals surface area contributed by atoms with Crippen molar-refractivity contribution in [2.45, 2.75) is 18.6 Å². The van der Waals surface area contributed by atoms with E-state index in [2.05, 4.69) is 16.2 Å². The van der Waals surface area contributed by atoms with Gasteiger partial charge in [-0.15, -0.1) is 0 Å². The molecule has 3 aromatic carbocycles. The average molecular weight is 485 g/mol. The SMILES string of the molecule is COc1ccccc1-c1nn(-c2ccccc2)cc1C(=O)NC1CC(c2cccc([N+](=O)[O-])c2)NN1. The third kappa shape index (κ3) is 4.67. The van der Waals surface area contributed by atoms with E-state index in [1.807, 2.05) is 60.7 Å². The topological polar surface area (TPSA) is 123 Å². The van der Waals surface area contributed by atoms with Crippen molar-refractivity contribution < 1.29 is 14.5 Å². The highest BCUT2D eigenvalue weighted by molar-refractivity contribution is 6.00. The predicted octanol–water partition coefficient (Wildman–Crippen LogP) is 3.75. The second-order valence-electron chi connectivity index (χ2n) is 8.33. The van der Waals surface area contributed by atoms with Crippen LogP contribution in [0.15, 0.2) is 85.1 Å². The zero-order valence-corrected chi connectivity index (χ0v) is 19.4. The van der Waals surface area contributed by atoms with E-state index in [0.29, 0.717) is 29.0 Å².